The van der Waals surface area contributed by atoms with Crippen LogP contribution in [-0.4, -0.2) is 84.3 Å². The summed E-state index contributed by atoms with van der Waals surface area (Å²) in [6, 6.07) is 11.7. The molecule has 0 bridgehead atoms. The van der Waals surface area contributed by atoms with E-state index in [1.807, 2.05) is 20.8 Å². The number of Topliss-reactive ketones (excluding diaryl/α,β-unsaturated/α-hetero) is 3. The van der Waals surface area contributed by atoms with Gasteiger partial charge in [-0.05, 0) is 67.3 Å². The first-order valence-electron chi connectivity index (χ1n) is 21.1. The second kappa shape index (κ2) is 23.3. The Morgan fingerprint density at radius 3 is 2.18 bits per heavy atom. The van der Waals surface area contributed by atoms with Crippen molar-refractivity contribution in [2.75, 3.05) is 25.6 Å². The molecule has 5 amide bonds. The fourth-order valence-electron chi connectivity index (χ4n) is 8.05. The molecule has 2 aromatic carbocycles. The van der Waals surface area contributed by atoms with Crippen LogP contribution in [-0.2, 0) is 38.3 Å². The number of amides is 5. The first-order valence-corrected chi connectivity index (χ1v) is 21.1. The van der Waals surface area contributed by atoms with Crippen molar-refractivity contribution in [3.05, 3.63) is 60.2 Å². The molecule has 1 aliphatic carbocycles. The average molecular weight is 832 g/mol. The van der Waals surface area contributed by atoms with Gasteiger partial charge in [0.2, 0.25) is 23.5 Å². The number of methoxy groups -OCH3 is 1. The van der Waals surface area contributed by atoms with E-state index in [0.717, 1.165) is 32.1 Å². The first-order chi connectivity index (χ1) is 28.7. The molecule has 1 saturated heterocycles. The predicted molar refractivity (Wildman–Crippen MR) is 223 cm³/mol. The fourth-order valence-corrected chi connectivity index (χ4v) is 8.05. The van der Waals surface area contributed by atoms with E-state index in [1.165, 1.54) is 12.0 Å². The predicted octanol–water partition coefficient (Wildman–Crippen LogP) is 5.21. The highest BCUT2D eigenvalue weighted by Gasteiger charge is 2.45. The number of likely N-dealkylation sites (tertiary alicyclic amines) is 1. The van der Waals surface area contributed by atoms with Crippen molar-refractivity contribution in [1.29, 1.82) is 0 Å². The second-order valence-corrected chi connectivity index (χ2v) is 16.3. The summed E-state index contributed by atoms with van der Waals surface area (Å²) in [7, 11) is 1.53. The number of carbonyl (C=O) groups is 8. The third-order valence-corrected chi connectivity index (χ3v) is 11.2. The Morgan fingerprint density at radius 2 is 1.57 bits per heavy atom. The summed E-state index contributed by atoms with van der Waals surface area (Å²) in [5.74, 6) is -5.54. The number of ether oxygens (including phenoxy) is 2. The van der Waals surface area contributed by atoms with Crippen LogP contribution in [0.2, 0.25) is 0 Å². The van der Waals surface area contributed by atoms with Crippen LogP contribution in [0.15, 0.2) is 54.6 Å². The summed E-state index contributed by atoms with van der Waals surface area (Å²) in [6.07, 6.45) is 3.74. The maximum absolute atomic E-state index is 14.7. The number of esters is 1. The van der Waals surface area contributed by atoms with E-state index in [1.54, 1.807) is 54.6 Å². The van der Waals surface area contributed by atoms with Gasteiger partial charge in [0.25, 0.3) is 0 Å². The van der Waals surface area contributed by atoms with Gasteiger partial charge in [0.05, 0.1) is 38.1 Å². The molecule has 0 radical (unpaired) electrons. The number of rotatable bonds is 22. The molecule has 2 unspecified atom stereocenters. The van der Waals surface area contributed by atoms with Crippen LogP contribution >= 0.6 is 0 Å². The minimum absolute atomic E-state index is 0.00868. The molecule has 60 heavy (non-hydrogen) atoms. The zero-order chi connectivity index (χ0) is 43.8. The van der Waals surface area contributed by atoms with E-state index in [4.69, 9.17) is 15.2 Å². The smallest absolute Gasteiger partial charge is 0.319 e. The van der Waals surface area contributed by atoms with Crippen molar-refractivity contribution >= 4 is 52.8 Å². The average Bonchev–Trinajstić information content (AvgIpc) is 3.66. The normalized spacial score (nSPS) is 18.1. The Hall–Kier alpha value is -5.60. The Balaban J connectivity index is 1.51. The number of carbonyl (C=O) groups excluding carboxylic acids is 8. The van der Waals surface area contributed by atoms with E-state index in [2.05, 4.69) is 16.0 Å². The van der Waals surface area contributed by atoms with Gasteiger partial charge in [-0.15, -0.1) is 0 Å². The number of hydrogen-bond donors (Lipinski definition) is 4. The molecule has 0 aromatic heterocycles. The van der Waals surface area contributed by atoms with Crippen LogP contribution in [0.4, 0.5) is 10.5 Å². The minimum atomic E-state index is -1.12. The fraction of sp³-hybridized carbons (Fsp3) is 0.556. The number of primary amides is 1. The largest absolute Gasteiger partial charge is 0.497 e. The summed E-state index contributed by atoms with van der Waals surface area (Å²) in [5.41, 5.74) is 6.47. The summed E-state index contributed by atoms with van der Waals surface area (Å²) in [4.78, 5) is 109. The van der Waals surface area contributed by atoms with Gasteiger partial charge in [-0.3, -0.25) is 33.6 Å². The van der Waals surface area contributed by atoms with Crippen LogP contribution in [0.5, 0.6) is 5.75 Å². The lowest BCUT2D eigenvalue weighted by Gasteiger charge is -2.34. The highest BCUT2D eigenvalue weighted by molar-refractivity contribution is 6.38. The van der Waals surface area contributed by atoms with Crippen molar-refractivity contribution in [3.63, 3.8) is 0 Å². The molecule has 2 fully saturated rings. The molecule has 1 heterocycles. The van der Waals surface area contributed by atoms with E-state index >= 15 is 0 Å². The molecule has 0 spiro atoms. The van der Waals surface area contributed by atoms with E-state index < -0.39 is 77.5 Å². The first kappa shape index (κ1) is 47.1. The minimum Gasteiger partial charge on any atom is -0.497 e. The lowest BCUT2D eigenvalue weighted by atomic mass is 9.77. The Kier molecular flexibility index (Phi) is 18.3. The van der Waals surface area contributed by atoms with Gasteiger partial charge in [-0.1, -0.05) is 76.8 Å². The molecule has 4 rings (SSSR count). The Labute approximate surface area is 352 Å². The molecular formula is C45H61N5O10. The third-order valence-electron chi connectivity index (χ3n) is 11.2. The maximum atomic E-state index is 14.7. The lowest BCUT2D eigenvalue weighted by Crippen LogP contribution is -2.47. The number of hydrogen-bond acceptors (Lipinski definition) is 10. The Morgan fingerprint density at radius 1 is 0.883 bits per heavy atom. The van der Waals surface area contributed by atoms with Crippen LogP contribution < -0.4 is 26.4 Å². The molecule has 2 aromatic rings. The number of anilines is 1. The van der Waals surface area contributed by atoms with Gasteiger partial charge in [0, 0.05) is 37.4 Å². The lowest BCUT2D eigenvalue weighted by molar-refractivity contribution is -0.152. The highest BCUT2D eigenvalue weighted by atomic mass is 16.5. The standard InChI is InChI=1S/C45H61N5O10/c1-5-12-31(42(55)37(51)21-22-39(53)49-41(43(46)56)30-15-10-7-11-16-30)23-38(52)36-24-33(48-45(58)47-32-17-19-34(59-4)20-18-32)26-50(36)44(57)35(29-13-8-6-9-14-29)25-40(54)60-27-28(2)3/h7,10-11,15-20,28-29,31,33,35-36,41H,5-6,8-9,12-14,21-27H2,1-4H3,(H2,46,56)(H,49,53)(H2,47,48,58)/t31?,33-,35+,36+,41?/m1/s1. The van der Waals surface area contributed by atoms with Crippen molar-refractivity contribution in [2.45, 2.75) is 116 Å². The number of nitrogens with one attached hydrogen (secondary N) is 3. The number of ketones is 3. The quantitative estimate of drug-likeness (QED) is 0.0897. The van der Waals surface area contributed by atoms with Crippen molar-refractivity contribution in [1.82, 2.24) is 15.5 Å². The molecule has 15 nitrogen and oxygen atoms in total. The summed E-state index contributed by atoms with van der Waals surface area (Å²) in [6.45, 7) is 5.86. The number of urea groups is 1. The monoisotopic (exact) mass is 831 g/mol. The molecule has 15 heteroatoms. The van der Waals surface area contributed by atoms with Gasteiger partial charge in [-0.25, -0.2) is 4.79 Å². The third kappa shape index (κ3) is 14.0. The van der Waals surface area contributed by atoms with Crippen LogP contribution in [0.1, 0.15) is 109 Å². The molecule has 1 aliphatic heterocycles. The molecular weight excluding hydrogens is 771 g/mol. The van der Waals surface area contributed by atoms with Crippen molar-refractivity contribution < 1.29 is 47.8 Å². The number of nitrogens with two attached hydrogens (primary N) is 1. The van der Waals surface area contributed by atoms with Gasteiger partial charge in [0.1, 0.15) is 11.8 Å². The zero-order valence-corrected chi connectivity index (χ0v) is 35.2. The van der Waals surface area contributed by atoms with E-state index in [0.29, 0.717) is 23.4 Å². The van der Waals surface area contributed by atoms with Crippen LogP contribution in [0.3, 0.4) is 0 Å². The topological polar surface area (TPSA) is 220 Å². The molecule has 5 atom stereocenters. The van der Waals surface area contributed by atoms with Crippen molar-refractivity contribution in [3.8, 4) is 5.75 Å². The van der Waals surface area contributed by atoms with E-state index in [-0.39, 0.29) is 63.0 Å². The van der Waals surface area contributed by atoms with E-state index in [9.17, 15) is 38.4 Å². The summed E-state index contributed by atoms with van der Waals surface area (Å²) in [5, 5.41) is 8.17. The highest BCUT2D eigenvalue weighted by Crippen LogP contribution is 2.36. The van der Waals surface area contributed by atoms with Crippen LogP contribution in [0.25, 0.3) is 0 Å². The van der Waals surface area contributed by atoms with Gasteiger partial charge in [0.15, 0.2) is 11.6 Å². The van der Waals surface area contributed by atoms with Gasteiger partial charge in [-0.2, -0.15) is 0 Å². The van der Waals surface area contributed by atoms with Gasteiger partial charge >= 0.3 is 12.0 Å². The van der Waals surface area contributed by atoms with Gasteiger partial charge < -0.3 is 36.1 Å². The van der Waals surface area contributed by atoms with Crippen LogP contribution in [0, 0.1) is 23.7 Å². The molecule has 1 saturated carbocycles. The summed E-state index contributed by atoms with van der Waals surface area (Å²) < 4.78 is 10.7. The Bertz CT molecular complexity index is 1810. The number of benzene rings is 2. The zero-order valence-electron chi connectivity index (χ0n) is 35.2. The molecule has 326 valence electrons. The van der Waals surface area contributed by atoms with Crippen molar-refractivity contribution in [2.24, 2.45) is 29.4 Å². The second-order valence-electron chi connectivity index (χ2n) is 16.3. The maximum Gasteiger partial charge on any atom is 0.319 e. The molecule has 2 aliphatic rings. The SMILES string of the molecule is CCCC(CC(=O)[C@@H]1C[C@@H](NC(=O)Nc2ccc(OC)cc2)CN1C(=O)[C@@H](CC(=O)OCC(C)C)C1CCCCC1)C(=O)C(=O)CCC(=O)NC(C(N)=O)c1ccccc1. The number of nitrogens with zero attached hydrogens (tertiary/aromatic N) is 1. The summed E-state index contributed by atoms with van der Waals surface area (Å²) >= 11 is 0. The molecule has 5 N–H and O–H groups in total.